The smallest absolute Gasteiger partial charge is 0.138 e. The van der Waals surface area contributed by atoms with Crippen LogP contribution in [0.15, 0.2) is 39.5 Å². The second-order valence-electron chi connectivity index (χ2n) is 4.86. The fourth-order valence-corrected chi connectivity index (χ4v) is 1.93. The summed E-state index contributed by atoms with van der Waals surface area (Å²) in [7, 11) is 0. The summed E-state index contributed by atoms with van der Waals surface area (Å²) in [6, 6.07) is 0. The van der Waals surface area contributed by atoms with Gasteiger partial charge in [0, 0.05) is 23.6 Å². The normalized spacial score (nSPS) is 14.2. The number of ketones is 1. The number of aliphatic imine (C=N–C) groups is 1. The summed E-state index contributed by atoms with van der Waals surface area (Å²) < 4.78 is 0. The van der Waals surface area contributed by atoms with Gasteiger partial charge in [-0.2, -0.15) is 0 Å². The standard InChI is InChI=1S/C16H24ClNO/c1-7-8-15(19)10-14(6)18-16(11(2)3)12(4)9-13(5)17/h9H,2,7-8,10H2,1,3-6H3/b13-9+,16-12+,18-14+. The van der Waals surface area contributed by atoms with Gasteiger partial charge in [-0.25, -0.2) is 0 Å². The van der Waals surface area contributed by atoms with Gasteiger partial charge in [0.25, 0.3) is 0 Å². The maximum Gasteiger partial charge on any atom is 0.138 e. The molecule has 0 aliphatic carbocycles. The Kier molecular flexibility index (Phi) is 8.33. The molecule has 0 radical (unpaired) electrons. The zero-order chi connectivity index (χ0) is 15.0. The van der Waals surface area contributed by atoms with Crippen molar-refractivity contribution < 1.29 is 4.79 Å². The van der Waals surface area contributed by atoms with Gasteiger partial charge in [0.05, 0.1) is 5.70 Å². The van der Waals surface area contributed by atoms with Gasteiger partial charge >= 0.3 is 0 Å². The topological polar surface area (TPSA) is 29.4 Å². The van der Waals surface area contributed by atoms with Crippen LogP contribution in [0.1, 0.15) is 53.9 Å². The van der Waals surface area contributed by atoms with Crippen LogP contribution >= 0.6 is 11.6 Å². The van der Waals surface area contributed by atoms with E-state index in [1.54, 1.807) is 0 Å². The van der Waals surface area contributed by atoms with E-state index in [9.17, 15) is 4.79 Å². The van der Waals surface area contributed by atoms with Crippen molar-refractivity contribution in [3.8, 4) is 0 Å². The minimum Gasteiger partial charge on any atom is -0.299 e. The maximum absolute atomic E-state index is 11.6. The third-order valence-corrected chi connectivity index (χ3v) is 2.59. The lowest BCUT2D eigenvalue weighted by molar-refractivity contribution is -0.117. The van der Waals surface area contributed by atoms with Crippen LogP contribution in [0, 0.1) is 0 Å². The van der Waals surface area contributed by atoms with Crippen molar-refractivity contribution in [3.63, 3.8) is 0 Å². The van der Waals surface area contributed by atoms with Gasteiger partial charge in [0.2, 0.25) is 0 Å². The van der Waals surface area contributed by atoms with Crippen molar-refractivity contribution in [1.82, 2.24) is 0 Å². The molecule has 0 saturated heterocycles. The summed E-state index contributed by atoms with van der Waals surface area (Å²) in [6.07, 6.45) is 3.75. The number of allylic oxidation sites excluding steroid dienone is 4. The van der Waals surface area contributed by atoms with Gasteiger partial charge in [-0.1, -0.05) is 25.1 Å². The number of hydrogen-bond donors (Lipinski definition) is 0. The zero-order valence-corrected chi connectivity index (χ0v) is 13.4. The molecule has 0 unspecified atom stereocenters. The van der Waals surface area contributed by atoms with Gasteiger partial charge < -0.3 is 0 Å². The van der Waals surface area contributed by atoms with Gasteiger partial charge in [-0.3, -0.25) is 9.79 Å². The van der Waals surface area contributed by atoms with Crippen LogP contribution < -0.4 is 0 Å². The summed E-state index contributed by atoms with van der Waals surface area (Å²) in [5.41, 5.74) is 3.45. The predicted octanol–water partition coefficient (Wildman–Crippen LogP) is 5.20. The number of carbonyl (C=O) groups excluding carboxylic acids is 1. The number of carbonyl (C=O) groups is 1. The largest absolute Gasteiger partial charge is 0.299 e. The Labute approximate surface area is 122 Å². The van der Waals surface area contributed by atoms with Crippen LogP contribution in [-0.4, -0.2) is 11.5 Å². The summed E-state index contributed by atoms with van der Waals surface area (Å²) in [5, 5.41) is 0.700. The van der Waals surface area contributed by atoms with Gasteiger partial charge in [0.1, 0.15) is 5.78 Å². The maximum atomic E-state index is 11.6. The molecule has 0 fully saturated rings. The van der Waals surface area contributed by atoms with E-state index in [2.05, 4.69) is 11.6 Å². The minimum atomic E-state index is 0.228. The molecular formula is C16H24ClNO. The van der Waals surface area contributed by atoms with Gasteiger partial charge in [0.15, 0.2) is 0 Å². The summed E-state index contributed by atoms with van der Waals surface area (Å²) in [4.78, 5) is 16.1. The van der Waals surface area contributed by atoms with E-state index in [1.165, 1.54) is 0 Å². The molecule has 19 heavy (non-hydrogen) atoms. The number of hydrogen-bond acceptors (Lipinski definition) is 2. The molecule has 0 saturated carbocycles. The highest BCUT2D eigenvalue weighted by Crippen LogP contribution is 2.18. The molecule has 0 spiro atoms. The van der Waals surface area contributed by atoms with Crippen molar-refractivity contribution >= 4 is 23.1 Å². The average molecular weight is 282 g/mol. The minimum absolute atomic E-state index is 0.228. The van der Waals surface area contributed by atoms with Crippen LogP contribution in [0.2, 0.25) is 0 Å². The molecule has 0 N–H and O–H groups in total. The third-order valence-electron chi connectivity index (χ3n) is 2.48. The van der Waals surface area contributed by atoms with E-state index in [1.807, 2.05) is 40.7 Å². The lowest BCUT2D eigenvalue weighted by Gasteiger charge is -2.07. The van der Waals surface area contributed by atoms with Crippen LogP contribution in [0.3, 0.4) is 0 Å². The van der Waals surface area contributed by atoms with Crippen molar-refractivity contribution in [2.24, 2.45) is 4.99 Å². The van der Waals surface area contributed by atoms with E-state index in [4.69, 9.17) is 11.6 Å². The Balaban J connectivity index is 5.19. The Morgan fingerprint density at radius 1 is 1.26 bits per heavy atom. The van der Waals surface area contributed by atoms with Crippen molar-refractivity contribution in [2.45, 2.75) is 53.9 Å². The van der Waals surface area contributed by atoms with E-state index in [0.29, 0.717) is 17.9 Å². The number of nitrogens with zero attached hydrogens (tertiary/aromatic N) is 1. The first kappa shape index (κ1) is 17.8. The molecule has 106 valence electrons. The highest BCUT2D eigenvalue weighted by molar-refractivity contribution is 6.29. The van der Waals surface area contributed by atoms with Crippen molar-refractivity contribution in [2.75, 3.05) is 0 Å². The van der Waals surface area contributed by atoms with Crippen LogP contribution in [0.5, 0.6) is 0 Å². The molecule has 0 heterocycles. The van der Waals surface area contributed by atoms with E-state index < -0.39 is 0 Å². The molecule has 0 aliphatic rings. The highest BCUT2D eigenvalue weighted by atomic mass is 35.5. The SMILES string of the molecule is C=C(C)C(/N=C(\C)CC(=O)CCC)=C(C)\C=C(/C)Cl. The zero-order valence-electron chi connectivity index (χ0n) is 12.6. The first-order valence-corrected chi connectivity index (χ1v) is 6.92. The van der Waals surface area contributed by atoms with Crippen molar-refractivity contribution in [1.29, 1.82) is 0 Å². The van der Waals surface area contributed by atoms with Crippen LogP contribution in [-0.2, 0) is 4.79 Å². The second-order valence-corrected chi connectivity index (χ2v) is 5.45. The van der Waals surface area contributed by atoms with E-state index in [0.717, 1.165) is 29.0 Å². The summed E-state index contributed by atoms with van der Waals surface area (Å²) >= 11 is 5.88. The average Bonchev–Trinajstić information content (AvgIpc) is 2.24. The molecule has 0 atom stereocenters. The molecule has 0 aromatic carbocycles. The van der Waals surface area contributed by atoms with Crippen LogP contribution in [0.25, 0.3) is 0 Å². The van der Waals surface area contributed by atoms with Crippen LogP contribution in [0.4, 0.5) is 0 Å². The lowest BCUT2D eigenvalue weighted by atomic mass is 10.1. The Morgan fingerprint density at radius 3 is 2.26 bits per heavy atom. The van der Waals surface area contributed by atoms with Gasteiger partial charge in [-0.15, -0.1) is 0 Å². The monoisotopic (exact) mass is 281 g/mol. The fraction of sp³-hybridized carbons (Fsp3) is 0.500. The van der Waals surface area contributed by atoms with Crippen molar-refractivity contribution in [3.05, 3.63) is 34.5 Å². The Hall–Kier alpha value is -1.15. The molecule has 0 bridgehead atoms. The first-order chi connectivity index (χ1) is 8.77. The molecule has 0 aromatic rings. The predicted molar refractivity (Wildman–Crippen MR) is 84.8 cm³/mol. The van der Waals surface area contributed by atoms with E-state index in [-0.39, 0.29) is 5.78 Å². The highest BCUT2D eigenvalue weighted by Gasteiger charge is 2.06. The number of Topliss-reactive ketones (excluding diaryl/α,β-unsaturated/α-hetero) is 1. The third kappa shape index (κ3) is 7.78. The fourth-order valence-electron chi connectivity index (χ4n) is 1.77. The van der Waals surface area contributed by atoms with E-state index >= 15 is 0 Å². The summed E-state index contributed by atoms with van der Waals surface area (Å²) in [6.45, 7) is 13.5. The lowest BCUT2D eigenvalue weighted by Crippen LogP contribution is -2.05. The molecule has 0 aromatic heterocycles. The van der Waals surface area contributed by atoms with Gasteiger partial charge in [-0.05, 0) is 51.3 Å². The Bertz CT molecular complexity index is 438. The molecule has 0 amide bonds. The number of rotatable bonds is 7. The molecule has 0 aliphatic heterocycles. The molecular weight excluding hydrogens is 258 g/mol. The molecule has 2 nitrogen and oxygen atoms in total. The quantitative estimate of drug-likeness (QED) is 0.466. The second kappa shape index (κ2) is 8.87. The Morgan fingerprint density at radius 2 is 1.84 bits per heavy atom. The summed E-state index contributed by atoms with van der Waals surface area (Å²) in [5.74, 6) is 0.228. The molecule has 0 rings (SSSR count). The molecule has 3 heteroatoms. The first-order valence-electron chi connectivity index (χ1n) is 6.54. The number of halogens is 1.